The average Bonchev–Trinajstić information content (AvgIpc) is 2.76. The van der Waals surface area contributed by atoms with Gasteiger partial charge >= 0.3 is 6.18 Å². The van der Waals surface area contributed by atoms with Crippen molar-refractivity contribution in [3.63, 3.8) is 0 Å². The van der Waals surface area contributed by atoms with Crippen LogP contribution in [0.1, 0.15) is 27.0 Å². The van der Waals surface area contributed by atoms with Crippen LogP contribution in [-0.2, 0) is 21.0 Å². The summed E-state index contributed by atoms with van der Waals surface area (Å²) < 4.78 is 64.7. The summed E-state index contributed by atoms with van der Waals surface area (Å²) in [7, 11) is -3.99. The molecule has 0 saturated carbocycles. The van der Waals surface area contributed by atoms with E-state index in [0.29, 0.717) is 5.56 Å². The minimum Gasteiger partial charge on any atom is -0.343 e. The van der Waals surface area contributed by atoms with Crippen LogP contribution in [0.15, 0.2) is 47.4 Å². The molecule has 0 aliphatic carbocycles. The lowest BCUT2D eigenvalue weighted by Crippen LogP contribution is -2.52. The number of piperazine rings is 1. The molecule has 0 spiro atoms. The zero-order valence-electron chi connectivity index (χ0n) is 18.1. The van der Waals surface area contributed by atoms with Crippen molar-refractivity contribution < 1.29 is 31.2 Å². The Labute approximate surface area is 190 Å². The molecule has 0 bridgehead atoms. The van der Waals surface area contributed by atoms with Crippen LogP contribution in [0.4, 0.5) is 13.2 Å². The molecule has 3 rings (SSSR count). The van der Waals surface area contributed by atoms with Gasteiger partial charge in [-0.2, -0.15) is 17.5 Å². The molecule has 0 unspecified atom stereocenters. The van der Waals surface area contributed by atoms with E-state index in [-0.39, 0.29) is 49.4 Å². The van der Waals surface area contributed by atoms with Crippen molar-refractivity contribution in [3.8, 4) is 0 Å². The zero-order valence-corrected chi connectivity index (χ0v) is 19.0. The molecule has 178 valence electrons. The maximum absolute atomic E-state index is 12.7. The fourth-order valence-corrected chi connectivity index (χ4v) is 5.04. The number of hydrogen-bond donors (Lipinski definition) is 1. The summed E-state index contributed by atoms with van der Waals surface area (Å²) in [6.07, 6.45) is -4.55. The van der Waals surface area contributed by atoms with E-state index in [2.05, 4.69) is 5.32 Å². The number of benzene rings is 2. The molecular formula is C22H24F3N3O4S. The van der Waals surface area contributed by atoms with Crippen LogP contribution in [0.5, 0.6) is 0 Å². The number of hydrogen-bond acceptors (Lipinski definition) is 4. The van der Waals surface area contributed by atoms with Crippen LogP contribution in [0, 0.1) is 13.8 Å². The molecule has 1 aliphatic heterocycles. The molecule has 11 heteroatoms. The van der Waals surface area contributed by atoms with Gasteiger partial charge in [-0.25, -0.2) is 8.42 Å². The predicted octanol–water partition coefficient (Wildman–Crippen LogP) is 2.59. The Hall–Kier alpha value is -2.92. The maximum atomic E-state index is 12.7. The number of aryl methyl sites for hydroxylation is 2. The number of rotatable bonds is 5. The highest BCUT2D eigenvalue weighted by atomic mass is 32.2. The SMILES string of the molecule is Cc1cc(C)cc(C(=O)NCC(=O)N2CCN(S(=O)(=O)c3ccc(C(F)(F)F)cc3)CC2)c1. The molecule has 2 aromatic carbocycles. The van der Waals surface area contributed by atoms with E-state index >= 15 is 0 Å². The number of alkyl halides is 3. The summed E-state index contributed by atoms with van der Waals surface area (Å²) >= 11 is 0. The molecule has 0 radical (unpaired) electrons. The standard InChI is InChI=1S/C22H24F3N3O4S/c1-15-11-16(2)13-17(12-15)21(30)26-14-20(29)27-7-9-28(10-8-27)33(31,32)19-5-3-18(4-6-19)22(23,24)25/h3-6,11-13H,7-10,14H2,1-2H3,(H,26,30). The summed E-state index contributed by atoms with van der Waals surface area (Å²) in [6, 6.07) is 8.68. The van der Waals surface area contributed by atoms with Gasteiger partial charge in [-0.3, -0.25) is 9.59 Å². The maximum Gasteiger partial charge on any atom is 0.416 e. The van der Waals surface area contributed by atoms with E-state index in [4.69, 9.17) is 0 Å². The summed E-state index contributed by atoms with van der Waals surface area (Å²) in [6.45, 7) is 3.73. The molecule has 2 aromatic rings. The van der Waals surface area contributed by atoms with Crippen molar-refractivity contribution in [1.82, 2.24) is 14.5 Å². The highest BCUT2D eigenvalue weighted by molar-refractivity contribution is 7.89. The minimum absolute atomic E-state index is 0.000116. The van der Waals surface area contributed by atoms with E-state index in [0.717, 1.165) is 39.7 Å². The van der Waals surface area contributed by atoms with Crippen LogP contribution in [0.3, 0.4) is 0 Å². The average molecular weight is 484 g/mol. The van der Waals surface area contributed by atoms with Gasteiger partial charge in [-0.05, 0) is 50.2 Å². The van der Waals surface area contributed by atoms with Gasteiger partial charge in [0.2, 0.25) is 15.9 Å². The molecule has 1 N–H and O–H groups in total. The fraction of sp³-hybridized carbons (Fsp3) is 0.364. The van der Waals surface area contributed by atoms with Gasteiger partial charge in [0.1, 0.15) is 0 Å². The van der Waals surface area contributed by atoms with Crippen molar-refractivity contribution in [1.29, 1.82) is 0 Å². The van der Waals surface area contributed by atoms with E-state index in [1.54, 1.807) is 12.1 Å². The van der Waals surface area contributed by atoms with E-state index in [1.807, 2.05) is 19.9 Å². The number of carbonyl (C=O) groups excluding carboxylic acids is 2. The Kier molecular flexibility index (Phi) is 7.13. The minimum atomic E-state index is -4.55. The van der Waals surface area contributed by atoms with Gasteiger partial charge in [0.15, 0.2) is 0 Å². The summed E-state index contributed by atoms with van der Waals surface area (Å²) in [5, 5.41) is 2.58. The lowest BCUT2D eigenvalue weighted by Gasteiger charge is -2.34. The second-order valence-electron chi connectivity index (χ2n) is 7.87. The molecule has 1 saturated heterocycles. The lowest BCUT2D eigenvalue weighted by atomic mass is 10.1. The Morgan fingerprint density at radius 2 is 1.48 bits per heavy atom. The lowest BCUT2D eigenvalue weighted by molar-refractivity contribution is -0.137. The molecule has 2 amide bonds. The number of amides is 2. The van der Waals surface area contributed by atoms with E-state index in [1.165, 1.54) is 4.90 Å². The van der Waals surface area contributed by atoms with Gasteiger partial charge in [-0.15, -0.1) is 0 Å². The molecule has 33 heavy (non-hydrogen) atoms. The highest BCUT2D eigenvalue weighted by Gasteiger charge is 2.33. The van der Waals surface area contributed by atoms with Gasteiger partial charge in [0, 0.05) is 31.7 Å². The Morgan fingerprint density at radius 1 is 0.939 bits per heavy atom. The smallest absolute Gasteiger partial charge is 0.343 e. The Balaban J connectivity index is 1.55. The topological polar surface area (TPSA) is 86.8 Å². The first-order valence-corrected chi connectivity index (χ1v) is 11.6. The van der Waals surface area contributed by atoms with E-state index in [9.17, 15) is 31.2 Å². The van der Waals surface area contributed by atoms with Crippen molar-refractivity contribution in [2.24, 2.45) is 0 Å². The molecule has 0 aromatic heterocycles. The second kappa shape index (κ2) is 9.52. The van der Waals surface area contributed by atoms with Gasteiger partial charge < -0.3 is 10.2 Å². The monoisotopic (exact) mass is 483 g/mol. The Morgan fingerprint density at radius 3 is 2.00 bits per heavy atom. The first-order valence-electron chi connectivity index (χ1n) is 10.2. The number of sulfonamides is 1. The molecule has 0 atom stereocenters. The molecule has 1 heterocycles. The number of nitrogens with zero attached hydrogens (tertiary/aromatic N) is 2. The van der Waals surface area contributed by atoms with Crippen molar-refractivity contribution in [2.75, 3.05) is 32.7 Å². The van der Waals surface area contributed by atoms with Gasteiger partial charge in [-0.1, -0.05) is 17.2 Å². The quantitative estimate of drug-likeness (QED) is 0.709. The highest BCUT2D eigenvalue weighted by Crippen LogP contribution is 2.30. The van der Waals surface area contributed by atoms with Gasteiger partial charge in [0.05, 0.1) is 17.0 Å². The molecule has 7 nitrogen and oxygen atoms in total. The summed E-state index contributed by atoms with van der Waals surface area (Å²) in [4.78, 5) is 26.0. The molecule has 1 aliphatic rings. The van der Waals surface area contributed by atoms with Crippen molar-refractivity contribution in [3.05, 3.63) is 64.7 Å². The molecule has 1 fully saturated rings. The third kappa shape index (κ3) is 5.91. The number of carbonyl (C=O) groups is 2. The van der Waals surface area contributed by atoms with Crippen LogP contribution < -0.4 is 5.32 Å². The summed E-state index contributed by atoms with van der Waals surface area (Å²) in [5.74, 6) is -0.724. The first-order chi connectivity index (χ1) is 15.4. The normalized spacial score (nSPS) is 15.4. The third-order valence-corrected chi connectivity index (χ3v) is 7.21. The number of halogens is 3. The second-order valence-corrected chi connectivity index (χ2v) is 9.80. The largest absolute Gasteiger partial charge is 0.416 e. The van der Waals surface area contributed by atoms with Crippen molar-refractivity contribution in [2.45, 2.75) is 24.9 Å². The van der Waals surface area contributed by atoms with Crippen LogP contribution >= 0.6 is 0 Å². The summed E-state index contributed by atoms with van der Waals surface area (Å²) in [5.41, 5.74) is 1.38. The van der Waals surface area contributed by atoms with Crippen molar-refractivity contribution >= 4 is 21.8 Å². The zero-order chi connectivity index (χ0) is 24.4. The van der Waals surface area contributed by atoms with Crippen LogP contribution in [-0.4, -0.2) is 62.2 Å². The molecular weight excluding hydrogens is 459 g/mol. The Bertz CT molecular complexity index is 1120. The van der Waals surface area contributed by atoms with Crippen LogP contribution in [0.25, 0.3) is 0 Å². The van der Waals surface area contributed by atoms with Gasteiger partial charge in [0.25, 0.3) is 5.91 Å². The predicted molar refractivity (Wildman–Crippen MR) is 115 cm³/mol. The first kappa shape index (κ1) is 24.7. The van der Waals surface area contributed by atoms with Crippen LogP contribution in [0.2, 0.25) is 0 Å². The number of nitrogens with one attached hydrogen (secondary N) is 1. The fourth-order valence-electron chi connectivity index (χ4n) is 3.62. The third-order valence-electron chi connectivity index (χ3n) is 5.29. The van der Waals surface area contributed by atoms with E-state index < -0.39 is 21.8 Å².